The van der Waals surface area contributed by atoms with Gasteiger partial charge in [0.15, 0.2) is 0 Å². The minimum Gasteiger partial charge on any atom is -0.489 e. The minimum atomic E-state index is 0. The van der Waals surface area contributed by atoms with E-state index in [-0.39, 0.29) is 13.5 Å². The van der Waals surface area contributed by atoms with Crippen molar-refractivity contribution in [1.82, 2.24) is 4.98 Å². The molecule has 1 aliphatic rings. The van der Waals surface area contributed by atoms with Gasteiger partial charge in [-0.2, -0.15) is 13.5 Å². The van der Waals surface area contributed by atoms with E-state index < -0.39 is 0 Å². The van der Waals surface area contributed by atoms with Crippen LogP contribution in [0.25, 0.3) is 0 Å². The van der Waals surface area contributed by atoms with Crippen LogP contribution in [-0.4, -0.2) is 24.3 Å². The average Bonchev–Trinajstić information content (AvgIpc) is 2.87. The second-order valence-electron chi connectivity index (χ2n) is 2.90. The van der Waals surface area contributed by atoms with Gasteiger partial charge < -0.3 is 9.47 Å². The molecule has 2 rings (SSSR count). The predicted octanol–water partition coefficient (Wildman–Crippen LogP) is 1.28. The minimum absolute atomic E-state index is 0. The summed E-state index contributed by atoms with van der Waals surface area (Å²) in [6, 6.07) is 3.85. The molecule has 3 nitrogen and oxygen atoms in total. The molecule has 1 aromatic heterocycles. The van der Waals surface area contributed by atoms with Crippen LogP contribution in [0.4, 0.5) is 0 Å². The molecule has 1 atom stereocenters. The lowest BCUT2D eigenvalue weighted by atomic mass is 10.4. The molecule has 0 aliphatic carbocycles. The Labute approximate surface area is 84.5 Å². The van der Waals surface area contributed by atoms with Crippen molar-refractivity contribution < 1.29 is 9.47 Å². The highest BCUT2D eigenvalue weighted by atomic mass is 32.1. The fourth-order valence-corrected chi connectivity index (χ4v) is 0.893. The Morgan fingerprint density at radius 2 is 2.38 bits per heavy atom. The molecule has 0 N–H and O–H groups in total. The number of nitrogens with zero attached hydrogens (tertiary/aromatic N) is 1. The number of hydrogen-bond acceptors (Lipinski definition) is 3. The van der Waals surface area contributed by atoms with Crippen LogP contribution in [0.5, 0.6) is 5.75 Å². The van der Waals surface area contributed by atoms with E-state index in [2.05, 4.69) is 4.98 Å². The maximum Gasteiger partial charge on any atom is 0.137 e. The second kappa shape index (κ2) is 4.48. The first kappa shape index (κ1) is 10.3. The Balaban J connectivity index is 0.000000845. The van der Waals surface area contributed by atoms with Crippen LogP contribution in [0.3, 0.4) is 0 Å². The van der Waals surface area contributed by atoms with Gasteiger partial charge in [0.1, 0.15) is 18.5 Å². The number of rotatable bonds is 3. The molecule has 0 aromatic carbocycles. The zero-order chi connectivity index (χ0) is 8.39. The summed E-state index contributed by atoms with van der Waals surface area (Å²) in [5, 5.41) is 0. The Kier molecular flexibility index (Phi) is 3.57. The van der Waals surface area contributed by atoms with Crippen LogP contribution in [0.2, 0.25) is 0 Å². The van der Waals surface area contributed by atoms with Gasteiger partial charge in [-0.15, -0.1) is 0 Å². The van der Waals surface area contributed by atoms with E-state index in [1.165, 1.54) is 0 Å². The number of aromatic nitrogens is 1. The summed E-state index contributed by atoms with van der Waals surface area (Å²) in [5.41, 5.74) is 1.00. The quantitative estimate of drug-likeness (QED) is 0.688. The van der Waals surface area contributed by atoms with E-state index >= 15 is 0 Å². The van der Waals surface area contributed by atoms with E-state index in [1.807, 2.05) is 19.1 Å². The summed E-state index contributed by atoms with van der Waals surface area (Å²) in [5.74, 6) is 0.816. The second-order valence-corrected chi connectivity index (χ2v) is 2.90. The van der Waals surface area contributed by atoms with Crippen LogP contribution in [0, 0.1) is 6.92 Å². The van der Waals surface area contributed by atoms with E-state index in [9.17, 15) is 0 Å². The van der Waals surface area contributed by atoms with Gasteiger partial charge in [-0.1, -0.05) is 0 Å². The van der Waals surface area contributed by atoms with Gasteiger partial charge in [0.05, 0.1) is 12.8 Å². The van der Waals surface area contributed by atoms with Crippen molar-refractivity contribution in [2.45, 2.75) is 13.0 Å². The van der Waals surface area contributed by atoms with Gasteiger partial charge in [0, 0.05) is 5.69 Å². The summed E-state index contributed by atoms with van der Waals surface area (Å²) < 4.78 is 10.4. The van der Waals surface area contributed by atoms with E-state index in [1.54, 1.807) is 6.20 Å². The molecule has 72 valence electrons. The highest BCUT2D eigenvalue weighted by Crippen LogP contribution is 2.13. The van der Waals surface area contributed by atoms with Crippen LogP contribution in [-0.2, 0) is 4.74 Å². The van der Waals surface area contributed by atoms with Gasteiger partial charge in [0.2, 0.25) is 0 Å². The predicted molar refractivity (Wildman–Crippen MR) is 54.6 cm³/mol. The first-order valence-electron chi connectivity index (χ1n) is 4.01. The fourth-order valence-electron chi connectivity index (χ4n) is 0.893. The molecular weight excluding hydrogens is 186 g/mol. The summed E-state index contributed by atoms with van der Waals surface area (Å²) in [6.45, 7) is 3.43. The lowest BCUT2D eigenvalue weighted by Gasteiger charge is -2.02. The van der Waals surface area contributed by atoms with Crippen molar-refractivity contribution in [3.05, 3.63) is 24.0 Å². The van der Waals surface area contributed by atoms with E-state index in [4.69, 9.17) is 9.47 Å². The number of ether oxygens (including phenoxy) is 2. The van der Waals surface area contributed by atoms with Gasteiger partial charge in [-0.3, -0.25) is 4.98 Å². The topological polar surface area (TPSA) is 34.6 Å². The molecule has 0 spiro atoms. The standard InChI is InChI=1S/C9H11NO2.H2S/c1-7-2-3-8(4-10-7)11-5-9-6-12-9;/h2-4,9H,5-6H2,1H3;1H2/t9-;/m1./s1. The van der Waals surface area contributed by atoms with Crippen molar-refractivity contribution in [2.75, 3.05) is 13.2 Å². The van der Waals surface area contributed by atoms with Crippen molar-refractivity contribution >= 4 is 13.5 Å². The SMILES string of the molecule is Cc1ccc(OC[C@@H]2CO2)cn1.S. The van der Waals surface area contributed by atoms with Crippen LogP contribution in [0.15, 0.2) is 18.3 Å². The van der Waals surface area contributed by atoms with Gasteiger partial charge in [-0.25, -0.2) is 0 Å². The Morgan fingerprint density at radius 1 is 1.62 bits per heavy atom. The van der Waals surface area contributed by atoms with E-state index in [0.29, 0.717) is 12.7 Å². The highest BCUT2D eigenvalue weighted by Gasteiger charge is 2.22. The van der Waals surface area contributed by atoms with E-state index in [0.717, 1.165) is 18.1 Å². The molecule has 2 heterocycles. The van der Waals surface area contributed by atoms with Crippen LogP contribution < -0.4 is 4.74 Å². The molecule has 0 unspecified atom stereocenters. The van der Waals surface area contributed by atoms with Crippen LogP contribution in [0.1, 0.15) is 5.69 Å². The molecule has 13 heavy (non-hydrogen) atoms. The zero-order valence-electron chi connectivity index (χ0n) is 7.49. The third kappa shape index (κ3) is 3.24. The smallest absolute Gasteiger partial charge is 0.137 e. The Bertz CT molecular complexity index is 259. The summed E-state index contributed by atoms with van der Waals surface area (Å²) >= 11 is 0. The molecule has 1 aromatic rings. The normalized spacial score (nSPS) is 19.0. The van der Waals surface area contributed by atoms with Gasteiger partial charge >= 0.3 is 0 Å². The molecule has 0 saturated carbocycles. The van der Waals surface area contributed by atoms with Crippen molar-refractivity contribution in [2.24, 2.45) is 0 Å². The maximum atomic E-state index is 5.40. The molecule has 0 radical (unpaired) electrons. The molecule has 1 saturated heterocycles. The maximum absolute atomic E-state index is 5.40. The Hall–Kier alpha value is -0.740. The largest absolute Gasteiger partial charge is 0.489 e. The average molecular weight is 199 g/mol. The van der Waals surface area contributed by atoms with Crippen molar-refractivity contribution in [1.29, 1.82) is 0 Å². The third-order valence-corrected chi connectivity index (χ3v) is 1.72. The lowest BCUT2D eigenvalue weighted by molar-refractivity contribution is 0.262. The molecule has 0 amide bonds. The number of pyridine rings is 1. The molecule has 1 fully saturated rings. The van der Waals surface area contributed by atoms with Crippen molar-refractivity contribution in [3.8, 4) is 5.75 Å². The van der Waals surface area contributed by atoms with Gasteiger partial charge in [0.25, 0.3) is 0 Å². The van der Waals surface area contributed by atoms with Crippen LogP contribution >= 0.6 is 13.5 Å². The summed E-state index contributed by atoms with van der Waals surface area (Å²) in [7, 11) is 0. The first-order valence-corrected chi connectivity index (χ1v) is 4.01. The summed E-state index contributed by atoms with van der Waals surface area (Å²) in [6.07, 6.45) is 2.05. The lowest BCUT2D eigenvalue weighted by Crippen LogP contribution is -2.04. The number of epoxide rings is 1. The zero-order valence-corrected chi connectivity index (χ0v) is 8.49. The molecular formula is C9H13NO2S. The number of hydrogen-bond donors (Lipinski definition) is 0. The van der Waals surface area contributed by atoms with Crippen molar-refractivity contribution in [3.63, 3.8) is 0 Å². The summed E-state index contributed by atoms with van der Waals surface area (Å²) in [4.78, 5) is 4.11. The third-order valence-electron chi connectivity index (χ3n) is 1.72. The monoisotopic (exact) mass is 199 g/mol. The molecule has 4 heteroatoms. The fraction of sp³-hybridized carbons (Fsp3) is 0.444. The van der Waals surface area contributed by atoms with Gasteiger partial charge in [-0.05, 0) is 19.1 Å². The Morgan fingerprint density at radius 3 is 2.92 bits per heavy atom. The molecule has 0 bridgehead atoms. The molecule has 1 aliphatic heterocycles. The number of aryl methyl sites for hydroxylation is 1. The highest BCUT2D eigenvalue weighted by molar-refractivity contribution is 7.59. The first-order chi connectivity index (χ1) is 5.84.